The number of benzene rings is 2. The standard InChI is InChI=1S/C17H21NO/c1-3-12-19-14-15-8-7-11-17(13-15)18(2)16-9-5-4-6-10-16/h4-11,13H,3,12,14H2,1-2H3. The molecule has 0 heterocycles. The van der Waals surface area contributed by atoms with E-state index in [1.807, 2.05) is 6.07 Å². The highest BCUT2D eigenvalue weighted by atomic mass is 16.5. The highest BCUT2D eigenvalue weighted by Gasteiger charge is 2.04. The van der Waals surface area contributed by atoms with E-state index < -0.39 is 0 Å². The third kappa shape index (κ3) is 3.83. The summed E-state index contributed by atoms with van der Waals surface area (Å²) in [6, 6.07) is 18.9. The van der Waals surface area contributed by atoms with Crippen LogP contribution >= 0.6 is 0 Å². The maximum Gasteiger partial charge on any atom is 0.0717 e. The predicted molar refractivity (Wildman–Crippen MR) is 80.9 cm³/mol. The minimum Gasteiger partial charge on any atom is -0.377 e. The zero-order chi connectivity index (χ0) is 13.5. The van der Waals surface area contributed by atoms with Gasteiger partial charge >= 0.3 is 0 Å². The average molecular weight is 255 g/mol. The summed E-state index contributed by atoms with van der Waals surface area (Å²) in [4.78, 5) is 2.18. The smallest absolute Gasteiger partial charge is 0.0717 e. The molecule has 2 rings (SSSR count). The van der Waals surface area contributed by atoms with Crippen LogP contribution in [0.25, 0.3) is 0 Å². The lowest BCUT2D eigenvalue weighted by atomic mass is 10.2. The lowest BCUT2D eigenvalue weighted by Gasteiger charge is -2.20. The van der Waals surface area contributed by atoms with Crippen molar-refractivity contribution < 1.29 is 4.74 Å². The average Bonchev–Trinajstić information content (AvgIpc) is 2.48. The first-order valence-corrected chi connectivity index (χ1v) is 6.76. The Morgan fingerprint density at radius 1 is 0.947 bits per heavy atom. The number of nitrogens with zero attached hydrogens (tertiary/aromatic N) is 1. The van der Waals surface area contributed by atoms with E-state index in [0.29, 0.717) is 6.61 Å². The first-order valence-electron chi connectivity index (χ1n) is 6.76. The van der Waals surface area contributed by atoms with Gasteiger partial charge in [0.25, 0.3) is 0 Å². The summed E-state index contributed by atoms with van der Waals surface area (Å²) in [5.41, 5.74) is 3.59. The Balaban J connectivity index is 2.10. The van der Waals surface area contributed by atoms with Gasteiger partial charge in [0, 0.05) is 25.0 Å². The fraction of sp³-hybridized carbons (Fsp3) is 0.294. The van der Waals surface area contributed by atoms with Crippen LogP contribution in [0.2, 0.25) is 0 Å². The molecule has 2 aromatic rings. The van der Waals surface area contributed by atoms with Crippen molar-refractivity contribution in [2.75, 3.05) is 18.6 Å². The van der Waals surface area contributed by atoms with Crippen LogP contribution in [0.4, 0.5) is 11.4 Å². The van der Waals surface area contributed by atoms with Crippen molar-refractivity contribution in [1.29, 1.82) is 0 Å². The lowest BCUT2D eigenvalue weighted by molar-refractivity contribution is 0.121. The maximum atomic E-state index is 5.59. The van der Waals surface area contributed by atoms with Crippen molar-refractivity contribution >= 4 is 11.4 Å². The zero-order valence-electron chi connectivity index (χ0n) is 11.7. The summed E-state index contributed by atoms with van der Waals surface area (Å²) in [7, 11) is 2.08. The van der Waals surface area contributed by atoms with Gasteiger partial charge in [-0.15, -0.1) is 0 Å². The van der Waals surface area contributed by atoms with E-state index >= 15 is 0 Å². The monoisotopic (exact) mass is 255 g/mol. The Morgan fingerprint density at radius 2 is 1.68 bits per heavy atom. The number of para-hydroxylation sites is 1. The number of hydrogen-bond donors (Lipinski definition) is 0. The van der Waals surface area contributed by atoms with Gasteiger partial charge < -0.3 is 9.64 Å². The highest BCUT2D eigenvalue weighted by Crippen LogP contribution is 2.24. The summed E-state index contributed by atoms with van der Waals surface area (Å²) >= 11 is 0. The molecule has 19 heavy (non-hydrogen) atoms. The van der Waals surface area contributed by atoms with Gasteiger partial charge in [0.2, 0.25) is 0 Å². The van der Waals surface area contributed by atoms with Gasteiger partial charge in [-0.1, -0.05) is 37.3 Å². The minimum absolute atomic E-state index is 0.685. The molecular formula is C17H21NO. The van der Waals surface area contributed by atoms with Gasteiger partial charge in [-0.2, -0.15) is 0 Å². The topological polar surface area (TPSA) is 12.5 Å². The molecule has 2 nitrogen and oxygen atoms in total. The van der Waals surface area contributed by atoms with Crippen LogP contribution in [0.1, 0.15) is 18.9 Å². The molecule has 100 valence electrons. The fourth-order valence-corrected chi connectivity index (χ4v) is 1.99. The van der Waals surface area contributed by atoms with Crippen molar-refractivity contribution in [3.8, 4) is 0 Å². The van der Waals surface area contributed by atoms with Crippen LogP contribution in [0.15, 0.2) is 54.6 Å². The molecule has 0 aliphatic rings. The van der Waals surface area contributed by atoms with Gasteiger partial charge in [0.05, 0.1) is 6.61 Å². The largest absolute Gasteiger partial charge is 0.377 e. The van der Waals surface area contributed by atoms with Crippen molar-refractivity contribution in [3.63, 3.8) is 0 Å². The van der Waals surface area contributed by atoms with E-state index in [2.05, 4.69) is 67.4 Å². The van der Waals surface area contributed by atoms with E-state index in [4.69, 9.17) is 4.74 Å². The van der Waals surface area contributed by atoms with Gasteiger partial charge in [-0.25, -0.2) is 0 Å². The third-order valence-corrected chi connectivity index (χ3v) is 3.06. The van der Waals surface area contributed by atoms with E-state index in [0.717, 1.165) is 13.0 Å². The summed E-state index contributed by atoms with van der Waals surface area (Å²) < 4.78 is 5.59. The van der Waals surface area contributed by atoms with E-state index in [9.17, 15) is 0 Å². The molecule has 0 fully saturated rings. The van der Waals surface area contributed by atoms with Gasteiger partial charge in [-0.05, 0) is 36.2 Å². The zero-order valence-corrected chi connectivity index (χ0v) is 11.7. The molecule has 0 saturated heterocycles. The molecule has 0 unspecified atom stereocenters. The highest BCUT2D eigenvalue weighted by molar-refractivity contribution is 5.62. The SMILES string of the molecule is CCCOCc1cccc(N(C)c2ccccc2)c1. The van der Waals surface area contributed by atoms with Crippen LogP contribution < -0.4 is 4.90 Å². The molecule has 0 N–H and O–H groups in total. The Bertz CT molecular complexity index is 496. The molecule has 0 bridgehead atoms. The van der Waals surface area contributed by atoms with Crippen LogP contribution in [0.5, 0.6) is 0 Å². The molecule has 2 aromatic carbocycles. The number of hydrogen-bond acceptors (Lipinski definition) is 2. The van der Waals surface area contributed by atoms with Crippen LogP contribution in [-0.2, 0) is 11.3 Å². The number of anilines is 2. The van der Waals surface area contributed by atoms with E-state index in [1.165, 1.54) is 16.9 Å². The second-order valence-corrected chi connectivity index (χ2v) is 4.62. The van der Waals surface area contributed by atoms with Gasteiger partial charge in [0.1, 0.15) is 0 Å². The summed E-state index contributed by atoms with van der Waals surface area (Å²) in [5.74, 6) is 0. The van der Waals surface area contributed by atoms with Crippen LogP contribution in [0, 0.1) is 0 Å². The predicted octanol–water partition coefficient (Wildman–Crippen LogP) is 4.38. The molecule has 0 spiro atoms. The first-order chi connectivity index (χ1) is 9.31. The molecule has 2 heteroatoms. The van der Waals surface area contributed by atoms with Crippen molar-refractivity contribution in [2.24, 2.45) is 0 Å². The molecule has 0 radical (unpaired) electrons. The van der Waals surface area contributed by atoms with Gasteiger partial charge in [0.15, 0.2) is 0 Å². The van der Waals surface area contributed by atoms with Crippen LogP contribution in [0.3, 0.4) is 0 Å². The normalized spacial score (nSPS) is 10.4. The summed E-state index contributed by atoms with van der Waals surface area (Å²) in [5, 5.41) is 0. The summed E-state index contributed by atoms with van der Waals surface area (Å²) in [6.07, 6.45) is 1.06. The number of rotatable bonds is 6. The molecule has 0 atom stereocenters. The van der Waals surface area contributed by atoms with Crippen LogP contribution in [-0.4, -0.2) is 13.7 Å². The summed E-state index contributed by atoms with van der Waals surface area (Å²) in [6.45, 7) is 3.63. The molecule has 0 aliphatic heterocycles. The molecule has 0 amide bonds. The lowest BCUT2D eigenvalue weighted by Crippen LogP contribution is -2.09. The van der Waals surface area contributed by atoms with E-state index in [-0.39, 0.29) is 0 Å². The third-order valence-electron chi connectivity index (χ3n) is 3.06. The van der Waals surface area contributed by atoms with Crippen molar-refractivity contribution in [1.82, 2.24) is 0 Å². The van der Waals surface area contributed by atoms with Crippen molar-refractivity contribution in [3.05, 3.63) is 60.2 Å². The Morgan fingerprint density at radius 3 is 2.42 bits per heavy atom. The number of ether oxygens (including phenoxy) is 1. The van der Waals surface area contributed by atoms with Gasteiger partial charge in [-0.3, -0.25) is 0 Å². The molecule has 0 aliphatic carbocycles. The Hall–Kier alpha value is -1.80. The van der Waals surface area contributed by atoms with E-state index in [1.54, 1.807) is 0 Å². The fourth-order valence-electron chi connectivity index (χ4n) is 1.99. The Kier molecular flexibility index (Phi) is 4.99. The Labute approximate surface area is 115 Å². The minimum atomic E-state index is 0.685. The quantitative estimate of drug-likeness (QED) is 0.710. The molecule has 0 aromatic heterocycles. The second kappa shape index (κ2) is 6.95. The first kappa shape index (κ1) is 13.6. The molecule has 0 saturated carbocycles. The molecular weight excluding hydrogens is 234 g/mol. The second-order valence-electron chi connectivity index (χ2n) is 4.62. The maximum absolute atomic E-state index is 5.59. The van der Waals surface area contributed by atoms with Crippen molar-refractivity contribution in [2.45, 2.75) is 20.0 Å².